The number of halogens is 1. The van der Waals surface area contributed by atoms with Gasteiger partial charge in [-0.1, -0.05) is 0 Å². The lowest BCUT2D eigenvalue weighted by Crippen LogP contribution is -1.85. The van der Waals surface area contributed by atoms with E-state index in [2.05, 4.69) is 20.7 Å². The summed E-state index contributed by atoms with van der Waals surface area (Å²) in [7, 11) is 0. The van der Waals surface area contributed by atoms with Crippen LogP contribution in [0.3, 0.4) is 0 Å². The molecule has 0 radical (unpaired) electrons. The van der Waals surface area contributed by atoms with Crippen LogP contribution in [-0.4, -0.2) is 6.47 Å². The van der Waals surface area contributed by atoms with Crippen molar-refractivity contribution < 1.29 is 9.53 Å². The zero-order chi connectivity index (χ0) is 7.56. The van der Waals surface area contributed by atoms with Crippen LogP contribution in [0.4, 0.5) is 0 Å². The second-order valence-corrected chi connectivity index (χ2v) is 4.28. The standard InChI is InChI=1S/C6H5BrO2S/c1-4-2-5(9-3-8)6(7)10-4/h2-3H,1H3. The number of hydrogen-bond donors (Lipinski definition) is 0. The number of rotatable bonds is 2. The molecule has 0 saturated heterocycles. The molecular formula is C6H5BrO2S. The highest BCUT2D eigenvalue weighted by Crippen LogP contribution is 2.33. The molecule has 0 N–H and O–H groups in total. The van der Waals surface area contributed by atoms with E-state index in [0.717, 1.165) is 8.66 Å². The molecule has 54 valence electrons. The molecule has 1 aromatic heterocycles. The molecule has 0 aliphatic rings. The smallest absolute Gasteiger partial charge is 0.298 e. The first-order chi connectivity index (χ1) is 4.74. The predicted octanol–water partition coefficient (Wildman–Crippen LogP) is 2.35. The molecule has 2 nitrogen and oxygen atoms in total. The molecule has 1 rings (SSSR count). The Hall–Kier alpha value is -0.350. The van der Waals surface area contributed by atoms with Crippen molar-refractivity contribution in [1.82, 2.24) is 0 Å². The largest absolute Gasteiger partial charge is 0.427 e. The first kappa shape index (κ1) is 7.75. The van der Waals surface area contributed by atoms with Gasteiger partial charge in [-0.25, -0.2) is 0 Å². The summed E-state index contributed by atoms with van der Waals surface area (Å²) in [6, 6.07) is 1.81. The zero-order valence-corrected chi connectivity index (χ0v) is 7.66. The lowest BCUT2D eigenvalue weighted by molar-refractivity contribution is -0.120. The van der Waals surface area contributed by atoms with Gasteiger partial charge in [0, 0.05) is 4.88 Å². The molecule has 10 heavy (non-hydrogen) atoms. The summed E-state index contributed by atoms with van der Waals surface area (Å²) in [5.74, 6) is 0.595. The lowest BCUT2D eigenvalue weighted by Gasteiger charge is -1.89. The van der Waals surface area contributed by atoms with Gasteiger partial charge >= 0.3 is 0 Å². The van der Waals surface area contributed by atoms with Gasteiger partial charge in [-0.2, -0.15) is 0 Å². The van der Waals surface area contributed by atoms with E-state index in [9.17, 15) is 4.79 Å². The van der Waals surface area contributed by atoms with E-state index in [1.54, 1.807) is 11.3 Å². The average molecular weight is 221 g/mol. The van der Waals surface area contributed by atoms with E-state index in [1.165, 1.54) is 0 Å². The van der Waals surface area contributed by atoms with Crippen molar-refractivity contribution in [3.8, 4) is 5.75 Å². The molecule has 0 amide bonds. The third-order valence-electron chi connectivity index (χ3n) is 0.954. The Labute approximate surface area is 70.9 Å². The second kappa shape index (κ2) is 3.16. The fourth-order valence-corrected chi connectivity index (χ4v) is 2.22. The van der Waals surface area contributed by atoms with Crippen LogP contribution in [0.25, 0.3) is 0 Å². The first-order valence-corrected chi connectivity index (χ1v) is 4.21. The highest BCUT2D eigenvalue weighted by Gasteiger charge is 2.03. The van der Waals surface area contributed by atoms with Crippen LogP contribution < -0.4 is 4.74 Å². The Morgan fingerprint density at radius 2 is 2.50 bits per heavy atom. The van der Waals surface area contributed by atoms with Crippen LogP contribution in [-0.2, 0) is 4.79 Å². The number of ether oxygens (including phenoxy) is 1. The molecule has 0 atom stereocenters. The molecule has 0 fully saturated rings. The van der Waals surface area contributed by atoms with Gasteiger partial charge in [0.05, 0.1) is 0 Å². The van der Waals surface area contributed by atoms with Crippen molar-refractivity contribution >= 4 is 33.7 Å². The molecule has 0 aliphatic carbocycles. The Morgan fingerprint density at radius 3 is 2.90 bits per heavy atom. The third-order valence-corrected chi connectivity index (χ3v) is 2.65. The van der Waals surface area contributed by atoms with E-state index in [4.69, 9.17) is 0 Å². The molecule has 1 heterocycles. The molecule has 0 aromatic carbocycles. The Bertz CT molecular complexity index is 244. The van der Waals surface area contributed by atoms with E-state index >= 15 is 0 Å². The monoisotopic (exact) mass is 220 g/mol. The summed E-state index contributed by atoms with van der Waals surface area (Å²) in [6.45, 7) is 2.37. The SMILES string of the molecule is Cc1cc(OC=O)c(Br)s1. The van der Waals surface area contributed by atoms with Gasteiger partial charge < -0.3 is 4.74 Å². The van der Waals surface area contributed by atoms with Crippen LogP contribution in [0.1, 0.15) is 4.88 Å². The molecule has 0 bridgehead atoms. The minimum atomic E-state index is 0.423. The minimum Gasteiger partial charge on any atom is -0.427 e. The summed E-state index contributed by atoms with van der Waals surface area (Å²) in [5.41, 5.74) is 0. The average Bonchev–Trinajstić information content (AvgIpc) is 2.13. The van der Waals surface area contributed by atoms with E-state index in [-0.39, 0.29) is 0 Å². The molecular weight excluding hydrogens is 216 g/mol. The Balaban J connectivity index is 2.91. The van der Waals surface area contributed by atoms with Gasteiger partial charge in [0.1, 0.15) is 3.79 Å². The van der Waals surface area contributed by atoms with Crippen molar-refractivity contribution in [2.75, 3.05) is 0 Å². The lowest BCUT2D eigenvalue weighted by atomic mass is 10.5. The second-order valence-electron chi connectivity index (χ2n) is 1.71. The Morgan fingerprint density at radius 1 is 1.80 bits per heavy atom. The molecule has 0 aliphatic heterocycles. The maximum absolute atomic E-state index is 9.90. The van der Waals surface area contributed by atoms with Crippen LogP contribution in [0, 0.1) is 6.92 Å². The van der Waals surface area contributed by atoms with Crippen LogP contribution >= 0.6 is 27.3 Å². The number of aryl methyl sites for hydroxylation is 1. The summed E-state index contributed by atoms with van der Waals surface area (Å²) in [5, 5.41) is 0. The van der Waals surface area contributed by atoms with Crippen molar-refractivity contribution in [2.24, 2.45) is 0 Å². The van der Waals surface area contributed by atoms with Crippen LogP contribution in [0.5, 0.6) is 5.75 Å². The van der Waals surface area contributed by atoms with Crippen LogP contribution in [0.15, 0.2) is 9.85 Å². The summed E-state index contributed by atoms with van der Waals surface area (Å²) in [6.07, 6.45) is 0. The summed E-state index contributed by atoms with van der Waals surface area (Å²) >= 11 is 4.79. The van der Waals surface area contributed by atoms with Crippen molar-refractivity contribution in [2.45, 2.75) is 6.92 Å². The maximum atomic E-state index is 9.90. The van der Waals surface area contributed by atoms with Gasteiger partial charge in [0.15, 0.2) is 5.75 Å². The fraction of sp³-hybridized carbons (Fsp3) is 0.167. The highest BCUT2D eigenvalue weighted by atomic mass is 79.9. The third kappa shape index (κ3) is 1.58. The quantitative estimate of drug-likeness (QED) is 0.716. The summed E-state index contributed by atoms with van der Waals surface area (Å²) in [4.78, 5) is 11.0. The minimum absolute atomic E-state index is 0.423. The van der Waals surface area contributed by atoms with Gasteiger partial charge in [-0.3, -0.25) is 4.79 Å². The molecule has 0 spiro atoms. The van der Waals surface area contributed by atoms with E-state index in [0.29, 0.717) is 12.2 Å². The molecule has 0 unspecified atom stereocenters. The van der Waals surface area contributed by atoms with Crippen molar-refractivity contribution in [3.05, 3.63) is 14.7 Å². The first-order valence-electron chi connectivity index (χ1n) is 2.60. The fourth-order valence-electron chi connectivity index (χ4n) is 0.595. The number of carbonyl (C=O) groups is 1. The molecule has 1 aromatic rings. The van der Waals surface area contributed by atoms with Gasteiger partial charge in [-0.15, -0.1) is 11.3 Å². The normalized spacial score (nSPS) is 9.40. The highest BCUT2D eigenvalue weighted by molar-refractivity contribution is 9.11. The van der Waals surface area contributed by atoms with Crippen molar-refractivity contribution in [3.63, 3.8) is 0 Å². The van der Waals surface area contributed by atoms with Gasteiger partial charge in [-0.05, 0) is 28.9 Å². The molecule has 0 saturated carbocycles. The summed E-state index contributed by atoms with van der Waals surface area (Å²) < 4.78 is 5.50. The predicted molar refractivity (Wildman–Crippen MR) is 43.4 cm³/mol. The van der Waals surface area contributed by atoms with E-state index in [1.807, 2.05) is 13.0 Å². The van der Waals surface area contributed by atoms with Crippen molar-refractivity contribution in [1.29, 1.82) is 0 Å². The maximum Gasteiger partial charge on any atom is 0.298 e. The van der Waals surface area contributed by atoms with Crippen LogP contribution in [0.2, 0.25) is 0 Å². The van der Waals surface area contributed by atoms with E-state index < -0.39 is 0 Å². The zero-order valence-electron chi connectivity index (χ0n) is 5.26. The van der Waals surface area contributed by atoms with Gasteiger partial charge in [0.25, 0.3) is 6.47 Å². The van der Waals surface area contributed by atoms with Gasteiger partial charge in [0.2, 0.25) is 0 Å². The number of thiophene rings is 1. The Kier molecular flexibility index (Phi) is 2.45. The number of hydrogen-bond acceptors (Lipinski definition) is 3. The molecule has 4 heteroatoms. The number of carbonyl (C=O) groups excluding carboxylic acids is 1. The topological polar surface area (TPSA) is 26.3 Å².